The van der Waals surface area contributed by atoms with Crippen molar-refractivity contribution < 1.29 is 19.2 Å². The van der Waals surface area contributed by atoms with E-state index >= 15 is 0 Å². The third-order valence-corrected chi connectivity index (χ3v) is 8.29. The van der Waals surface area contributed by atoms with E-state index in [4.69, 9.17) is 9.26 Å². The van der Waals surface area contributed by atoms with Crippen LogP contribution in [0.25, 0.3) is 22.4 Å². The van der Waals surface area contributed by atoms with Gasteiger partial charge in [-0.3, -0.25) is 4.79 Å². The number of carbonyl (C=O) groups is 1. The number of ether oxygens (including phenoxy) is 1. The lowest BCUT2D eigenvalue weighted by molar-refractivity contribution is -0.129. The number of amides is 1. The molecule has 4 heterocycles. The average molecular weight is 465 g/mol. The number of hydrogen-bond donors (Lipinski definition) is 3. The van der Waals surface area contributed by atoms with Crippen LogP contribution in [0.3, 0.4) is 0 Å². The second-order valence-electron chi connectivity index (χ2n) is 10.5. The van der Waals surface area contributed by atoms with Gasteiger partial charge in [0.1, 0.15) is 5.65 Å². The average Bonchev–Trinajstić information content (AvgIpc) is 3.50. The maximum Gasteiger partial charge on any atom is 0.316 e. The zero-order valence-corrected chi connectivity index (χ0v) is 18.9. The number of H-pyrrole nitrogens is 1. The monoisotopic (exact) mass is 464 g/mol. The van der Waals surface area contributed by atoms with Gasteiger partial charge in [-0.2, -0.15) is 4.98 Å². The summed E-state index contributed by atoms with van der Waals surface area (Å²) in [5, 5.41) is 19.9. The second-order valence-corrected chi connectivity index (χ2v) is 10.5. The van der Waals surface area contributed by atoms with Gasteiger partial charge in [0.2, 0.25) is 5.82 Å². The van der Waals surface area contributed by atoms with Gasteiger partial charge < -0.3 is 29.6 Å². The number of morpholine rings is 1. The minimum atomic E-state index is -0.485. The number of carbonyl (C=O) groups excluding carboxylic acids is 1. The lowest BCUT2D eigenvalue weighted by Crippen LogP contribution is -2.59. The first-order chi connectivity index (χ1) is 16.6. The number of hydrogen-bond acceptors (Lipinski definition) is 8. The highest BCUT2D eigenvalue weighted by Crippen LogP contribution is 2.56. The van der Waals surface area contributed by atoms with Crippen LogP contribution in [0.2, 0.25) is 0 Å². The highest BCUT2D eigenvalue weighted by molar-refractivity contribution is 5.97. The first-order valence-corrected chi connectivity index (χ1v) is 12.2. The molecule has 178 valence electrons. The zero-order valence-electron chi connectivity index (χ0n) is 18.9. The zero-order chi connectivity index (χ0) is 22.9. The van der Waals surface area contributed by atoms with Crippen LogP contribution in [0, 0.1) is 17.8 Å². The Morgan fingerprint density at radius 2 is 2.00 bits per heavy atom. The molecule has 3 aromatic heterocycles. The Morgan fingerprint density at radius 1 is 1.21 bits per heavy atom. The predicted octanol–water partition coefficient (Wildman–Crippen LogP) is 2.44. The number of aliphatic hydroxyl groups is 1. The highest BCUT2D eigenvalue weighted by atomic mass is 16.5. The molecule has 10 nitrogen and oxygen atoms in total. The predicted molar refractivity (Wildman–Crippen MR) is 122 cm³/mol. The molecule has 1 unspecified atom stereocenters. The number of nitrogens with zero attached hydrogens (tertiary/aromatic N) is 4. The molecular weight excluding hydrogens is 436 g/mol. The van der Waals surface area contributed by atoms with Gasteiger partial charge in [0.05, 0.1) is 30.1 Å². The smallest absolute Gasteiger partial charge is 0.316 e. The van der Waals surface area contributed by atoms with E-state index in [0.29, 0.717) is 55.4 Å². The Bertz CT molecular complexity index is 1230. The SMILES string of the molecule is O=C(c1nc(-c2cnc3[nH]ccc3c2N[C@H]2[C@@H]3CC4C[C@H]2C[C@@](O)(C4)C3)no1)N1CCOCC1. The van der Waals surface area contributed by atoms with E-state index in [1.807, 2.05) is 12.3 Å². The summed E-state index contributed by atoms with van der Waals surface area (Å²) in [6.07, 6.45) is 8.59. The molecule has 10 heteroatoms. The Hall–Kier alpha value is -2.98. The van der Waals surface area contributed by atoms with Gasteiger partial charge in [-0.15, -0.1) is 0 Å². The van der Waals surface area contributed by atoms with Gasteiger partial charge in [0.15, 0.2) is 0 Å². The molecule has 3 N–H and O–H groups in total. The van der Waals surface area contributed by atoms with E-state index in [0.717, 1.165) is 48.8 Å². The molecule has 8 rings (SSSR count). The molecule has 34 heavy (non-hydrogen) atoms. The lowest BCUT2D eigenvalue weighted by atomic mass is 9.52. The topological polar surface area (TPSA) is 129 Å². The quantitative estimate of drug-likeness (QED) is 0.537. The van der Waals surface area contributed by atoms with Crippen LogP contribution in [-0.4, -0.2) is 74.0 Å². The van der Waals surface area contributed by atoms with Gasteiger partial charge in [0, 0.05) is 36.9 Å². The van der Waals surface area contributed by atoms with Crippen molar-refractivity contribution in [2.45, 2.75) is 43.7 Å². The van der Waals surface area contributed by atoms with Crippen LogP contribution in [0.1, 0.15) is 42.8 Å². The van der Waals surface area contributed by atoms with E-state index in [-0.39, 0.29) is 17.8 Å². The third kappa shape index (κ3) is 3.23. The van der Waals surface area contributed by atoms with E-state index in [1.54, 1.807) is 11.1 Å². The summed E-state index contributed by atoms with van der Waals surface area (Å²) in [6.45, 7) is 2.04. The van der Waals surface area contributed by atoms with Crippen molar-refractivity contribution in [1.82, 2.24) is 25.0 Å². The fourth-order valence-electron chi connectivity index (χ4n) is 7.04. The Balaban J connectivity index is 1.23. The summed E-state index contributed by atoms with van der Waals surface area (Å²) in [6, 6.07) is 2.27. The van der Waals surface area contributed by atoms with Gasteiger partial charge >= 0.3 is 11.8 Å². The van der Waals surface area contributed by atoms with Crippen molar-refractivity contribution in [2.24, 2.45) is 17.8 Å². The van der Waals surface area contributed by atoms with Crippen molar-refractivity contribution in [3.8, 4) is 11.4 Å². The Morgan fingerprint density at radius 3 is 2.76 bits per heavy atom. The maximum absolute atomic E-state index is 12.8. The highest BCUT2D eigenvalue weighted by Gasteiger charge is 2.54. The van der Waals surface area contributed by atoms with E-state index in [9.17, 15) is 9.90 Å². The molecule has 1 saturated heterocycles. The van der Waals surface area contributed by atoms with Crippen LogP contribution in [0.4, 0.5) is 5.69 Å². The minimum absolute atomic E-state index is 0.0196. The van der Waals surface area contributed by atoms with E-state index < -0.39 is 5.60 Å². The maximum atomic E-state index is 12.8. The molecular formula is C24H28N6O4. The fourth-order valence-corrected chi connectivity index (χ4v) is 7.04. The fraction of sp³-hybridized carbons (Fsp3) is 0.583. The van der Waals surface area contributed by atoms with Crippen molar-refractivity contribution in [2.75, 3.05) is 31.6 Å². The van der Waals surface area contributed by atoms with Crippen LogP contribution < -0.4 is 5.32 Å². The largest absolute Gasteiger partial charge is 0.390 e. The molecule has 1 amide bonds. The van der Waals surface area contributed by atoms with E-state index in [1.165, 1.54) is 0 Å². The van der Waals surface area contributed by atoms with Crippen LogP contribution >= 0.6 is 0 Å². The van der Waals surface area contributed by atoms with Crippen LogP contribution in [-0.2, 0) is 4.74 Å². The summed E-state index contributed by atoms with van der Waals surface area (Å²) >= 11 is 0. The molecule has 5 atom stereocenters. The number of rotatable bonds is 4. The number of anilines is 1. The van der Waals surface area contributed by atoms with Crippen molar-refractivity contribution in [3.05, 3.63) is 24.4 Å². The molecule has 5 fully saturated rings. The van der Waals surface area contributed by atoms with Crippen molar-refractivity contribution in [1.29, 1.82) is 0 Å². The second kappa shape index (κ2) is 7.51. The summed E-state index contributed by atoms with van der Waals surface area (Å²) in [4.78, 5) is 26.7. The first-order valence-electron chi connectivity index (χ1n) is 12.2. The molecule has 0 radical (unpaired) electrons. The third-order valence-electron chi connectivity index (χ3n) is 8.29. The first kappa shape index (κ1) is 20.4. The molecule has 0 spiro atoms. The number of aromatic nitrogens is 4. The lowest BCUT2D eigenvalue weighted by Gasteiger charge is -2.58. The summed E-state index contributed by atoms with van der Waals surface area (Å²) in [7, 11) is 0. The summed E-state index contributed by atoms with van der Waals surface area (Å²) < 4.78 is 10.7. The molecule has 1 aliphatic heterocycles. The summed E-state index contributed by atoms with van der Waals surface area (Å²) in [5.74, 6) is 1.56. The Labute approximate surface area is 196 Å². The summed E-state index contributed by atoms with van der Waals surface area (Å²) in [5.41, 5.74) is 1.91. The van der Waals surface area contributed by atoms with Gasteiger partial charge in [0.25, 0.3) is 0 Å². The molecule has 4 bridgehead atoms. The molecule has 3 aromatic rings. The molecule has 0 aromatic carbocycles. The normalized spacial score (nSPS) is 32.4. The molecule has 4 saturated carbocycles. The van der Waals surface area contributed by atoms with Gasteiger partial charge in [-0.1, -0.05) is 5.16 Å². The number of pyridine rings is 1. The van der Waals surface area contributed by atoms with E-state index in [2.05, 4.69) is 25.4 Å². The van der Waals surface area contributed by atoms with Crippen molar-refractivity contribution in [3.63, 3.8) is 0 Å². The standard InChI is InChI=1S/C24H28N6O4/c31-23(30-3-5-33-6-4-30)22-28-21(29-34-22)17-12-26-20-16(1-2-25-20)19(17)27-18-14-7-13-8-15(18)11-24(32,9-13)10-14/h1-2,12-15,18,32H,3-11H2,(H2,25,26,27)/t13?,14-,15+,18+,24-. The van der Waals surface area contributed by atoms with Crippen LogP contribution in [0.5, 0.6) is 0 Å². The van der Waals surface area contributed by atoms with Crippen LogP contribution in [0.15, 0.2) is 23.0 Å². The van der Waals surface area contributed by atoms with Gasteiger partial charge in [-0.05, 0) is 55.9 Å². The molecule has 4 aliphatic carbocycles. The molecule has 5 aliphatic rings. The number of nitrogens with one attached hydrogen (secondary N) is 2. The van der Waals surface area contributed by atoms with Gasteiger partial charge in [-0.25, -0.2) is 4.98 Å². The minimum Gasteiger partial charge on any atom is -0.390 e. The number of fused-ring (bicyclic) bond motifs is 1. The number of aromatic amines is 1. The Kier molecular flexibility index (Phi) is 4.51. The van der Waals surface area contributed by atoms with Crippen molar-refractivity contribution >= 4 is 22.6 Å².